The molecule has 0 radical (unpaired) electrons. The molecule has 0 aliphatic carbocycles. The van der Waals surface area contributed by atoms with Gasteiger partial charge < -0.3 is 4.74 Å². The average molecular weight is 162 g/mol. The number of carbonyl (C=O) groups is 1. The lowest BCUT2D eigenvalue weighted by molar-refractivity contribution is -0.120. The molecule has 0 aromatic heterocycles. The van der Waals surface area contributed by atoms with Crippen molar-refractivity contribution in [1.82, 2.24) is 0 Å². The summed E-state index contributed by atoms with van der Waals surface area (Å²) < 4.78 is 5.09. The van der Waals surface area contributed by atoms with Gasteiger partial charge in [-0.1, -0.05) is 18.7 Å². The second-order valence-electron chi connectivity index (χ2n) is 1.85. The Labute approximate surface area is 66.3 Å². The van der Waals surface area contributed by atoms with Crippen molar-refractivity contribution in [3.63, 3.8) is 0 Å². The molecular formula is C7H14O2S. The molecule has 0 bridgehead atoms. The van der Waals surface area contributed by atoms with Crippen LogP contribution in [0, 0.1) is 0 Å². The van der Waals surface area contributed by atoms with Crippen molar-refractivity contribution in [2.45, 2.75) is 26.9 Å². The molecule has 0 rings (SSSR count). The number of hydrogen-bond donors (Lipinski definition) is 0. The van der Waals surface area contributed by atoms with Crippen LogP contribution in [0.25, 0.3) is 0 Å². The molecule has 10 heavy (non-hydrogen) atoms. The molecule has 0 N–H and O–H groups in total. The fourth-order valence-electron chi connectivity index (χ4n) is 0.578. The number of carbonyl (C=O) groups excluding carboxylic acids is 1. The van der Waals surface area contributed by atoms with Gasteiger partial charge in [0, 0.05) is 6.61 Å². The summed E-state index contributed by atoms with van der Waals surface area (Å²) in [5.74, 6) is 0.830. The van der Waals surface area contributed by atoms with Crippen LogP contribution in [0.4, 0.5) is 0 Å². The summed E-state index contributed by atoms with van der Waals surface area (Å²) in [5.41, 5.74) is 0. The van der Waals surface area contributed by atoms with E-state index < -0.39 is 0 Å². The van der Waals surface area contributed by atoms with Gasteiger partial charge in [-0.3, -0.25) is 4.79 Å². The minimum atomic E-state index is -0.241. The maximum absolute atomic E-state index is 11.0. The minimum absolute atomic E-state index is 0.129. The predicted octanol–water partition coefficient (Wildman–Crippen LogP) is 1.69. The molecule has 0 saturated carbocycles. The molecule has 60 valence electrons. The maximum atomic E-state index is 11.0. The van der Waals surface area contributed by atoms with Crippen LogP contribution in [0.15, 0.2) is 0 Å². The Morgan fingerprint density at radius 1 is 1.60 bits per heavy atom. The van der Waals surface area contributed by atoms with Crippen molar-refractivity contribution in [1.29, 1.82) is 0 Å². The molecule has 0 saturated heterocycles. The third kappa shape index (κ3) is 3.90. The van der Waals surface area contributed by atoms with Gasteiger partial charge in [-0.2, -0.15) is 0 Å². The summed E-state index contributed by atoms with van der Waals surface area (Å²) in [6, 6.07) is 0. The second-order valence-corrected chi connectivity index (χ2v) is 3.12. The van der Waals surface area contributed by atoms with Gasteiger partial charge in [0.05, 0.1) is 0 Å². The highest BCUT2D eigenvalue weighted by molar-refractivity contribution is 8.13. The van der Waals surface area contributed by atoms with Gasteiger partial charge in [-0.25, -0.2) is 0 Å². The Balaban J connectivity index is 3.49. The van der Waals surface area contributed by atoms with Crippen molar-refractivity contribution in [3.05, 3.63) is 0 Å². The normalized spacial score (nSPS) is 13.1. The molecule has 0 heterocycles. The Hall–Kier alpha value is -0.0200. The first-order valence-electron chi connectivity index (χ1n) is 3.50. The van der Waals surface area contributed by atoms with Crippen LogP contribution in [0.1, 0.15) is 20.8 Å². The number of hydrogen-bond acceptors (Lipinski definition) is 3. The molecule has 1 atom stereocenters. The highest BCUT2D eigenvalue weighted by atomic mass is 32.2. The maximum Gasteiger partial charge on any atom is 0.217 e. The Morgan fingerprint density at radius 3 is 2.60 bits per heavy atom. The van der Waals surface area contributed by atoms with Crippen molar-refractivity contribution in [2.24, 2.45) is 0 Å². The zero-order valence-corrected chi connectivity index (χ0v) is 7.53. The number of rotatable bonds is 4. The topological polar surface area (TPSA) is 26.3 Å². The lowest BCUT2D eigenvalue weighted by Crippen LogP contribution is -2.17. The average Bonchev–Trinajstić information content (AvgIpc) is 1.89. The predicted molar refractivity (Wildman–Crippen MR) is 44.2 cm³/mol. The molecule has 3 heteroatoms. The summed E-state index contributed by atoms with van der Waals surface area (Å²) in [6.07, 6.45) is -0.241. The van der Waals surface area contributed by atoms with E-state index in [0.29, 0.717) is 6.61 Å². The highest BCUT2D eigenvalue weighted by Crippen LogP contribution is 2.06. The molecule has 0 aliphatic heterocycles. The molecule has 0 fully saturated rings. The first-order chi connectivity index (χ1) is 4.72. The van der Waals surface area contributed by atoms with Crippen LogP contribution in [0.3, 0.4) is 0 Å². The zero-order valence-electron chi connectivity index (χ0n) is 6.72. The van der Waals surface area contributed by atoms with Gasteiger partial charge in [0.15, 0.2) is 0 Å². The van der Waals surface area contributed by atoms with E-state index in [1.807, 2.05) is 13.8 Å². The van der Waals surface area contributed by atoms with Crippen molar-refractivity contribution >= 4 is 16.9 Å². The largest absolute Gasteiger partial charge is 0.370 e. The van der Waals surface area contributed by atoms with Crippen molar-refractivity contribution < 1.29 is 9.53 Å². The van der Waals surface area contributed by atoms with E-state index in [0.717, 1.165) is 5.75 Å². The fraction of sp³-hybridized carbons (Fsp3) is 0.857. The Kier molecular flexibility index (Phi) is 5.73. The van der Waals surface area contributed by atoms with Crippen LogP contribution in [0.5, 0.6) is 0 Å². The first kappa shape index (κ1) is 9.98. The van der Waals surface area contributed by atoms with Gasteiger partial charge in [0.2, 0.25) is 5.12 Å². The van der Waals surface area contributed by atoms with Crippen LogP contribution in [-0.2, 0) is 9.53 Å². The minimum Gasteiger partial charge on any atom is -0.370 e. The molecule has 0 aromatic rings. The van der Waals surface area contributed by atoms with Crippen molar-refractivity contribution in [2.75, 3.05) is 12.4 Å². The Morgan fingerprint density at radius 2 is 2.20 bits per heavy atom. The molecule has 0 spiro atoms. The molecular weight excluding hydrogens is 148 g/mol. The third-order valence-electron chi connectivity index (χ3n) is 1.04. The standard InChI is InChI=1S/C7H14O2S/c1-4-9-6(3)7(8)10-5-2/h6H,4-5H2,1-3H3. The molecule has 0 amide bonds. The molecule has 2 nitrogen and oxygen atoms in total. The summed E-state index contributed by atoms with van der Waals surface area (Å²) in [5, 5.41) is 0.129. The number of ether oxygens (including phenoxy) is 1. The lowest BCUT2D eigenvalue weighted by atomic mass is 10.4. The van der Waals surface area contributed by atoms with E-state index in [4.69, 9.17) is 4.74 Å². The van der Waals surface area contributed by atoms with Crippen LogP contribution < -0.4 is 0 Å². The zero-order chi connectivity index (χ0) is 7.98. The third-order valence-corrected chi connectivity index (χ3v) is 1.94. The van der Waals surface area contributed by atoms with Gasteiger partial charge in [0.1, 0.15) is 6.10 Å². The number of thioether (sulfide) groups is 1. The van der Waals surface area contributed by atoms with Gasteiger partial charge in [-0.05, 0) is 19.6 Å². The first-order valence-corrected chi connectivity index (χ1v) is 4.49. The SMILES string of the molecule is CCOC(C)C(=O)SCC. The summed E-state index contributed by atoms with van der Waals surface area (Å²) >= 11 is 1.32. The molecule has 0 aliphatic rings. The molecule has 1 unspecified atom stereocenters. The van der Waals surface area contributed by atoms with Gasteiger partial charge in [0.25, 0.3) is 0 Å². The van der Waals surface area contributed by atoms with Crippen molar-refractivity contribution in [3.8, 4) is 0 Å². The van der Waals surface area contributed by atoms with E-state index in [1.165, 1.54) is 11.8 Å². The van der Waals surface area contributed by atoms with E-state index in [9.17, 15) is 4.79 Å². The quantitative estimate of drug-likeness (QED) is 0.629. The Bertz CT molecular complexity index is 104. The van der Waals surface area contributed by atoms with E-state index >= 15 is 0 Å². The fourth-order valence-corrected chi connectivity index (χ4v) is 1.16. The summed E-state index contributed by atoms with van der Waals surface area (Å²) in [7, 11) is 0. The second kappa shape index (κ2) is 5.74. The summed E-state index contributed by atoms with van der Waals surface area (Å²) in [6.45, 7) is 6.24. The lowest BCUT2D eigenvalue weighted by Gasteiger charge is -2.07. The highest BCUT2D eigenvalue weighted by Gasteiger charge is 2.10. The van der Waals surface area contributed by atoms with E-state index in [1.54, 1.807) is 6.92 Å². The van der Waals surface area contributed by atoms with Crippen LogP contribution in [0.2, 0.25) is 0 Å². The van der Waals surface area contributed by atoms with Gasteiger partial charge in [-0.15, -0.1) is 0 Å². The monoisotopic (exact) mass is 162 g/mol. The van der Waals surface area contributed by atoms with Crippen LogP contribution >= 0.6 is 11.8 Å². The van der Waals surface area contributed by atoms with Gasteiger partial charge >= 0.3 is 0 Å². The van der Waals surface area contributed by atoms with E-state index in [2.05, 4.69) is 0 Å². The van der Waals surface area contributed by atoms with E-state index in [-0.39, 0.29) is 11.2 Å². The summed E-state index contributed by atoms with van der Waals surface area (Å²) in [4.78, 5) is 11.0. The van der Waals surface area contributed by atoms with Crippen LogP contribution in [-0.4, -0.2) is 23.6 Å². The molecule has 0 aromatic carbocycles. The smallest absolute Gasteiger partial charge is 0.217 e.